The number of sulfone groups is 1. The van der Waals surface area contributed by atoms with Crippen LogP contribution >= 0.6 is 0 Å². The molecule has 38 heavy (non-hydrogen) atoms. The van der Waals surface area contributed by atoms with Crippen LogP contribution in [-0.4, -0.2) is 79.2 Å². The molecule has 2 heterocycles. The average Bonchev–Trinajstić information content (AvgIpc) is 3.30. The predicted molar refractivity (Wildman–Crippen MR) is 146 cm³/mol. The lowest BCUT2D eigenvalue weighted by molar-refractivity contribution is 0.0345. The highest BCUT2D eigenvalue weighted by Crippen LogP contribution is 2.20. The molecule has 0 bridgehead atoms. The summed E-state index contributed by atoms with van der Waals surface area (Å²) in [5.41, 5.74) is 2.32. The first-order valence-electron chi connectivity index (χ1n) is 13.0. The molecule has 204 valence electrons. The lowest BCUT2D eigenvalue weighted by Crippen LogP contribution is -2.47. The molecule has 10 heteroatoms. The van der Waals surface area contributed by atoms with Crippen molar-refractivity contribution < 1.29 is 17.9 Å². The van der Waals surface area contributed by atoms with Gasteiger partial charge in [-0.25, -0.2) is 18.2 Å². The minimum atomic E-state index is -3.74. The van der Waals surface area contributed by atoms with E-state index in [4.69, 9.17) is 4.74 Å². The molecule has 2 aromatic carbocycles. The molecule has 0 radical (unpaired) electrons. The van der Waals surface area contributed by atoms with Gasteiger partial charge in [0.2, 0.25) is 15.0 Å². The van der Waals surface area contributed by atoms with Gasteiger partial charge >= 0.3 is 6.03 Å². The van der Waals surface area contributed by atoms with Crippen LogP contribution in [0.2, 0.25) is 0 Å². The van der Waals surface area contributed by atoms with Crippen molar-refractivity contribution in [1.82, 2.24) is 24.7 Å². The van der Waals surface area contributed by atoms with Crippen molar-refractivity contribution in [2.24, 2.45) is 0 Å². The zero-order valence-corrected chi connectivity index (χ0v) is 22.9. The molecule has 2 amide bonds. The number of amides is 2. The van der Waals surface area contributed by atoms with Gasteiger partial charge < -0.3 is 19.5 Å². The van der Waals surface area contributed by atoms with E-state index in [0.717, 1.165) is 18.7 Å². The molecule has 1 aromatic heterocycles. The van der Waals surface area contributed by atoms with E-state index < -0.39 is 9.84 Å². The number of benzene rings is 2. The first-order chi connectivity index (χ1) is 18.3. The maximum Gasteiger partial charge on any atom is 0.317 e. The normalized spacial score (nSPS) is 14.5. The molecule has 0 saturated carbocycles. The summed E-state index contributed by atoms with van der Waals surface area (Å²) in [5, 5.41) is 3.00. The Morgan fingerprint density at radius 2 is 1.66 bits per heavy atom. The van der Waals surface area contributed by atoms with E-state index in [2.05, 4.69) is 15.2 Å². The molecule has 1 fully saturated rings. The Hall–Kier alpha value is -3.21. The zero-order chi connectivity index (χ0) is 27.0. The van der Waals surface area contributed by atoms with Gasteiger partial charge in [0, 0.05) is 32.2 Å². The van der Waals surface area contributed by atoms with Gasteiger partial charge in [0.15, 0.2) is 0 Å². The van der Waals surface area contributed by atoms with Crippen molar-refractivity contribution in [1.29, 1.82) is 0 Å². The number of hydrogen-bond acceptors (Lipinski definition) is 6. The van der Waals surface area contributed by atoms with Gasteiger partial charge in [-0.15, -0.1) is 0 Å². The van der Waals surface area contributed by atoms with Crippen LogP contribution in [0.3, 0.4) is 0 Å². The highest BCUT2D eigenvalue weighted by molar-refractivity contribution is 7.90. The molecule has 0 atom stereocenters. The summed E-state index contributed by atoms with van der Waals surface area (Å²) >= 11 is 0. The third-order valence-corrected chi connectivity index (χ3v) is 8.00. The lowest BCUT2D eigenvalue weighted by atomic mass is 10.2. The summed E-state index contributed by atoms with van der Waals surface area (Å²) in [6.07, 6.45) is 1.59. The highest BCUT2D eigenvalue weighted by atomic mass is 32.2. The molecule has 0 aliphatic carbocycles. The summed E-state index contributed by atoms with van der Waals surface area (Å²) < 4.78 is 34.2. The standard InChI is InChI=1S/C28H37N5O4S/c1-23(2)30-27(34)32(14-13-31-15-17-37-18-16-31)21-26-19-29-28(33(26)20-24-9-5-3-6-10-24)38(35,36)22-25-11-7-4-8-12-25/h3-12,19,23H,13-18,20-22H2,1-2H3,(H,30,34). The molecular weight excluding hydrogens is 502 g/mol. The van der Waals surface area contributed by atoms with E-state index in [1.165, 1.54) is 0 Å². The van der Waals surface area contributed by atoms with Gasteiger partial charge in [-0.1, -0.05) is 60.7 Å². The fraction of sp³-hybridized carbons (Fsp3) is 0.429. The molecule has 0 spiro atoms. The number of ether oxygens (including phenoxy) is 1. The summed E-state index contributed by atoms with van der Waals surface area (Å²) in [7, 11) is -3.74. The second-order valence-electron chi connectivity index (χ2n) is 9.83. The van der Waals surface area contributed by atoms with Crippen LogP contribution in [0.15, 0.2) is 72.0 Å². The number of aromatic nitrogens is 2. The minimum Gasteiger partial charge on any atom is -0.379 e. The van der Waals surface area contributed by atoms with Crippen molar-refractivity contribution in [3.05, 3.63) is 83.7 Å². The molecular formula is C28H37N5O4S. The number of nitrogens with zero attached hydrogens (tertiary/aromatic N) is 4. The first-order valence-corrected chi connectivity index (χ1v) is 14.7. The van der Waals surface area contributed by atoms with Gasteiger partial charge in [0.1, 0.15) is 0 Å². The van der Waals surface area contributed by atoms with Gasteiger partial charge in [-0.2, -0.15) is 0 Å². The number of urea groups is 1. The van der Waals surface area contributed by atoms with Crippen molar-refractivity contribution >= 4 is 15.9 Å². The zero-order valence-electron chi connectivity index (χ0n) is 22.1. The smallest absolute Gasteiger partial charge is 0.317 e. The quantitative estimate of drug-likeness (QED) is 0.402. The summed E-state index contributed by atoms with van der Waals surface area (Å²) in [4.78, 5) is 21.6. The van der Waals surface area contributed by atoms with Gasteiger partial charge in [-0.3, -0.25) is 4.90 Å². The molecule has 1 N–H and O–H groups in total. The first kappa shape index (κ1) is 27.8. The minimum absolute atomic E-state index is 0.0117. The van der Waals surface area contributed by atoms with E-state index in [1.807, 2.05) is 62.4 Å². The van der Waals surface area contributed by atoms with E-state index in [1.54, 1.807) is 27.8 Å². The second-order valence-corrected chi connectivity index (χ2v) is 11.7. The molecule has 1 saturated heterocycles. The number of hydrogen-bond donors (Lipinski definition) is 1. The number of carbonyl (C=O) groups is 1. The predicted octanol–water partition coefficient (Wildman–Crippen LogP) is 3.16. The van der Waals surface area contributed by atoms with Crippen LogP contribution in [0.25, 0.3) is 0 Å². The average molecular weight is 540 g/mol. The highest BCUT2D eigenvalue weighted by Gasteiger charge is 2.26. The van der Waals surface area contributed by atoms with Crippen molar-refractivity contribution in [2.45, 2.75) is 43.9 Å². The fourth-order valence-corrected chi connectivity index (χ4v) is 5.92. The van der Waals surface area contributed by atoms with E-state index in [0.29, 0.717) is 44.1 Å². The van der Waals surface area contributed by atoms with E-state index >= 15 is 0 Å². The molecule has 1 aliphatic heterocycles. The number of carbonyl (C=O) groups excluding carboxylic acids is 1. The number of rotatable bonds is 11. The Bertz CT molecular complexity index is 1270. The SMILES string of the molecule is CC(C)NC(=O)N(CCN1CCOCC1)Cc1cnc(S(=O)(=O)Cc2ccccc2)n1Cc1ccccc1. The van der Waals surface area contributed by atoms with Gasteiger partial charge in [0.25, 0.3) is 0 Å². The van der Waals surface area contributed by atoms with Crippen molar-refractivity contribution in [3.8, 4) is 0 Å². The Morgan fingerprint density at radius 1 is 1.03 bits per heavy atom. The lowest BCUT2D eigenvalue weighted by Gasteiger charge is -2.30. The topological polar surface area (TPSA) is 96.8 Å². The second kappa shape index (κ2) is 13.0. The third kappa shape index (κ3) is 7.66. The molecule has 0 unspecified atom stereocenters. The van der Waals surface area contributed by atoms with E-state index in [9.17, 15) is 13.2 Å². The number of morpholine rings is 1. The molecule has 9 nitrogen and oxygen atoms in total. The summed E-state index contributed by atoms with van der Waals surface area (Å²) in [6, 6.07) is 18.6. The summed E-state index contributed by atoms with van der Waals surface area (Å²) in [6.45, 7) is 8.66. The molecule has 4 rings (SSSR count). The molecule has 1 aliphatic rings. The van der Waals surface area contributed by atoms with Crippen LogP contribution in [0.4, 0.5) is 4.79 Å². The Kier molecular flexibility index (Phi) is 9.54. The number of nitrogens with one attached hydrogen (secondary N) is 1. The van der Waals surface area contributed by atoms with Crippen LogP contribution in [0.5, 0.6) is 0 Å². The van der Waals surface area contributed by atoms with Crippen LogP contribution < -0.4 is 5.32 Å². The van der Waals surface area contributed by atoms with Gasteiger partial charge in [0.05, 0.1) is 43.9 Å². The maximum absolute atomic E-state index is 13.5. The van der Waals surface area contributed by atoms with Crippen molar-refractivity contribution in [3.63, 3.8) is 0 Å². The molecule has 3 aromatic rings. The van der Waals surface area contributed by atoms with Crippen LogP contribution in [0, 0.1) is 0 Å². The Morgan fingerprint density at radius 3 is 2.29 bits per heavy atom. The Balaban J connectivity index is 1.63. The monoisotopic (exact) mass is 539 g/mol. The van der Waals surface area contributed by atoms with E-state index in [-0.39, 0.29) is 29.5 Å². The largest absolute Gasteiger partial charge is 0.379 e. The van der Waals surface area contributed by atoms with Crippen molar-refractivity contribution in [2.75, 3.05) is 39.4 Å². The maximum atomic E-state index is 13.5. The number of imidazole rings is 1. The third-order valence-electron chi connectivity index (χ3n) is 6.40. The fourth-order valence-electron chi connectivity index (χ4n) is 4.43. The van der Waals surface area contributed by atoms with Crippen LogP contribution in [0.1, 0.15) is 30.7 Å². The van der Waals surface area contributed by atoms with Crippen LogP contribution in [-0.2, 0) is 33.4 Å². The summed E-state index contributed by atoms with van der Waals surface area (Å²) in [5.74, 6) is -0.145. The Labute approximate surface area is 225 Å². The van der Waals surface area contributed by atoms with Gasteiger partial charge in [-0.05, 0) is 25.0 Å².